The summed E-state index contributed by atoms with van der Waals surface area (Å²) in [6.07, 6.45) is 4.35. The Hall–Kier alpha value is 0.720. The Morgan fingerprint density at radius 2 is 2.31 bits per heavy atom. The smallest absolute Gasteiger partial charge is 0.107 e. The first-order valence-corrected chi connectivity index (χ1v) is 7.63. The van der Waals surface area contributed by atoms with Crippen LogP contribution in [0, 0.1) is 0 Å². The molecule has 1 aliphatic carbocycles. The monoisotopic (exact) mass is 342 g/mol. The van der Waals surface area contributed by atoms with Crippen LogP contribution in [0.15, 0.2) is 10.5 Å². The fourth-order valence-corrected chi connectivity index (χ4v) is 4.20. The van der Waals surface area contributed by atoms with E-state index < -0.39 is 0 Å². The maximum Gasteiger partial charge on any atom is 0.107 e. The molecule has 16 heavy (non-hydrogen) atoms. The third kappa shape index (κ3) is 2.59. The molecule has 0 saturated heterocycles. The molecule has 90 valence electrons. The summed E-state index contributed by atoms with van der Waals surface area (Å²) < 4.78 is 7.27. The summed E-state index contributed by atoms with van der Waals surface area (Å²) in [6.45, 7) is 0. The Bertz CT molecular complexity index is 351. The number of halogens is 3. The van der Waals surface area contributed by atoms with E-state index in [4.69, 9.17) is 27.9 Å². The van der Waals surface area contributed by atoms with Gasteiger partial charge in [-0.3, -0.25) is 0 Å². The summed E-state index contributed by atoms with van der Waals surface area (Å²) in [5.74, 6) is 0. The molecular formula is C11H13BrCl2OS. The Kier molecular flexibility index (Phi) is 4.23. The van der Waals surface area contributed by atoms with Crippen molar-refractivity contribution in [3.05, 3.63) is 19.8 Å². The van der Waals surface area contributed by atoms with Crippen LogP contribution in [0.5, 0.6) is 0 Å². The second kappa shape index (κ2) is 5.15. The summed E-state index contributed by atoms with van der Waals surface area (Å²) in [7, 11) is 1.78. The molecule has 1 heterocycles. The quantitative estimate of drug-likeness (QED) is 0.665. The van der Waals surface area contributed by atoms with Gasteiger partial charge in [-0.15, -0.1) is 22.9 Å². The predicted octanol–water partition coefficient (Wildman–Crippen LogP) is 5.40. The maximum absolute atomic E-state index is 6.42. The van der Waals surface area contributed by atoms with E-state index in [1.165, 1.54) is 17.8 Å². The van der Waals surface area contributed by atoms with Gasteiger partial charge in [-0.1, -0.05) is 11.6 Å². The van der Waals surface area contributed by atoms with Gasteiger partial charge in [0.25, 0.3) is 0 Å². The third-order valence-electron chi connectivity index (χ3n) is 3.22. The molecule has 1 fully saturated rings. The third-order valence-corrected chi connectivity index (χ3v) is 6.33. The van der Waals surface area contributed by atoms with Crippen LogP contribution in [-0.2, 0) is 4.74 Å². The molecule has 1 atom stereocenters. The lowest BCUT2D eigenvalue weighted by molar-refractivity contribution is -0.0778. The van der Waals surface area contributed by atoms with Gasteiger partial charge in [-0.05, 0) is 47.7 Å². The van der Waals surface area contributed by atoms with Crippen molar-refractivity contribution in [3.8, 4) is 0 Å². The van der Waals surface area contributed by atoms with E-state index in [1.807, 2.05) is 6.07 Å². The lowest BCUT2D eigenvalue weighted by atomic mass is 9.76. The van der Waals surface area contributed by atoms with Gasteiger partial charge in [-0.2, -0.15) is 0 Å². The van der Waals surface area contributed by atoms with E-state index in [1.54, 1.807) is 7.11 Å². The standard InChI is InChI=1S/C11H13BrCl2OS/c1-15-11(3-2-4-11)6-8(13)9-5-7(12)10(14)16-9/h5,8H,2-4,6H2,1H3. The first-order valence-electron chi connectivity index (χ1n) is 5.20. The second-order valence-corrected chi connectivity index (χ2v) is 7.25. The van der Waals surface area contributed by atoms with E-state index in [-0.39, 0.29) is 11.0 Å². The Balaban J connectivity index is 2.05. The molecule has 2 rings (SSSR count). The molecule has 0 radical (unpaired) electrons. The zero-order valence-corrected chi connectivity index (χ0v) is 12.8. The Labute approximate surface area is 118 Å². The minimum absolute atomic E-state index is 0.00551. The summed E-state index contributed by atoms with van der Waals surface area (Å²) in [6, 6.07) is 2.01. The van der Waals surface area contributed by atoms with Gasteiger partial charge >= 0.3 is 0 Å². The lowest BCUT2D eigenvalue weighted by Gasteiger charge is -2.41. The van der Waals surface area contributed by atoms with E-state index in [9.17, 15) is 0 Å². The van der Waals surface area contributed by atoms with Gasteiger partial charge in [0, 0.05) is 16.5 Å². The molecule has 1 aromatic heterocycles. The molecule has 0 aromatic carbocycles. The SMILES string of the molecule is COC1(CC(Cl)c2cc(Br)c(Cl)s2)CCC1. The van der Waals surface area contributed by atoms with Gasteiger partial charge < -0.3 is 4.74 Å². The van der Waals surface area contributed by atoms with Crippen LogP contribution < -0.4 is 0 Å². The van der Waals surface area contributed by atoms with Crippen LogP contribution >= 0.6 is 50.5 Å². The number of alkyl halides is 1. The molecule has 0 spiro atoms. The minimum Gasteiger partial charge on any atom is -0.378 e. The summed E-state index contributed by atoms with van der Waals surface area (Å²) in [4.78, 5) is 1.11. The summed E-state index contributed by atoms with van der Waals surface area (Å²) in [5, 5.41) is -0.00551. The number of ether oxygens (including phenoxy) is 1. The van der Waals surface area contributed by atoms with Crippen molar-refractivity contribution >= 4 is 50.5 Å². The van der Waals surface area contributed by atoms with Crippen LogP contribution in [0.25, 0.3) is 0 Å². The van der Waals surface area contributed by atoms with Crippen LogP contribution in [0.3, 0.4) is 0 Å². The molecule has 1 unspecified atom stereocenters. The molecule has 1 nitrogen and oxygen atoms in total. The van der Waals surface area contributed by atoms with Gasteiger partial charge in [0.15, 0.2) is 0 Å². The predicted molar refractivity (Wildman–Crippen MR) is 73.8 cm³/mol. The lowest BCUT2D eigenvalue weighted by Crippen LogP contribution is -2.39. The molecule has 0 aliphatic heterocycles. The first kappa shape index (κ1) is 13.2. The molecule has 0 amide bonds. The largest absolute Gasteiger partial charge is 0.378 e. The molecule has 1 aromatic rings. The summed E-state index contributed by atoms with van der Waals surface area (Å²) >= 11 is 17.4. The average Bonchev–Trinajstić information content (AvgIpc) is 2.53. The zero-order chi connectivity index (χ0) is 11.8. The van der Waals surface area contributed by atoms with Crippen LogP contribution in [0.2, 0.25) is 4.34 Å². The van der Waals surface area contributed by atoms with E-state index in [2.05, 4.69) is 15.9 Å². The molecule has 1 saturated carbocycles. The van der Waals surface area contributed by atoms with Crippen molar-refractivity contribution in [1.29, 1.82) is 0 Å². The average molecular weight is 344 g/mol. The van der Waals surface area contributed by atoms with Crippen molar-refractivity contribution in [3.63, 3.8) is 0 Å². The van der Waals surface area contributed by atoms with Gasteiger partial charge in [-0.25, -0.2) is 0 Å². The van der Waals surface area contributed by atoms with E-state index in [0.29, 0.717) is 0 Å². The van der Waals surface area contributed by atoms with Crippen LogP contribution in [0.4, 0.5) is 0 Å². The Morgan fingerprint density at radius 3 is 2.69 bits per heavy atom. The van der Waals surface area contributed by atoms with Crippen molar-refractivity contribution in [2.45, 2.75) is 36.7 Å². The van der Waals surface area contributed by atoms with Crippen molar-refractivity contribution in [1.82, 2.24) is 0 Å². The molecular weight excluding hydrogens is 331 g/mol. The highest BCUT2D eigenvalue weighted by atomic mass is 79.9. The summed E-state index contributed by atoms with van der Waals surface area (Å²) in [5.41, 5.74) is 0.00928. The fourth-order valence-electron chi connectivity index (χ4n) is 2.01. The van der Waals surface area contributed by atoms with Crippen molar-refractivity contribution in [2.24, 2.45) is 0 Å². The van der Waals surface area contributed by atoms with Crippen LogP contribution in [0.1, 0.15) is 35.9 Å². The number of hydrogen-bond acceptors (Lipinski definition) is 2. The topological polar surface area (TPSA) is 9.23 Å². The minimum atomic E-state index is -0.00551. The fraction of sp³-hybridized carbons (Fsp3) is 0.636. The first-order chi connectivity index (χ1) is 7.56. The number of thiophene rings is 1. The van der Waals surface area contributed by atoms with Gasteiger partial charge in [0.05, 0.1) is 11.0 Å². The van der Waals surface area contributed by atoms with E-state index >= 15 is 0 Å². The number of methoxy groups -OCH3 is 1. The van der Waals surface area contributed by atoms with E-state index in [0.717, 1.165) is 32.9 Å². The second-order valence-electron chi connectivity index (χ2n) is 4.18. The highest BCUT2D eigenvalue weighted by Crippen LogP contribution is 2.46. The molecule has 1 aliphatic rings. The maximum atomic E-state index is 6.42. The van der Waals surface area contributed by atoms with Crippen molar-refractivity contribution in [2.75, 3.05) is 7.11 Å². The zero-order valence-electron chi connectivity index (χ0n) is 8.93. The molecule has 0 bridgehead atoms. The van der Waals surface area contributed by atoms with Gasteiger partial charge in [0.2, 0.25) is 0 Å². The highest BCUT2D eigenvalue weighted by molar-refractivity contribution is 9.10. The molecule has 0 N–H and O–H groups in total. The van der Waals surface area contributed by atoms with Gasteiger partial charge in [0.1, 0.15) is 4.34 Å². The van der Waals surface area contributed by atoms with Crippen LogP contribution in [-0.4, -0.2) is 12.7 Å². The molecule has 5 heteroatoms. The normalized spacial score (nSPS) is 20.5. The van der Waals surface area contributed by atoms with Crippen molar-refractivity contribution < 1.29 is 4.74 Å². The number of rotatable bonds is 4. The highest BCUT2D eigenvalue weighted by Gasteiger charge is 2.39. The number of hydrogen-bond donors (Lipinski definition) is 0. The Morgan fingerprint density at radius 1 is 1.62 bits per heavy atom.